The Bertz CT molecular complexity index is 572. The Labute approximate surface area is 118 Å². The molecule has 0 aliphatic heterocycles. The molecular formula is C16H19FN2O. The third-order valence-electron chi connectivity index (χ3n) is 2.94. The largest absolute Gasteiger partial charge is 0.491 e. The summed E-state index contributed by atoms with van der Waals surface area (Å²) in [7, 11) is 1.84. The van der Waals surface area contributed by atoms with Gasteiger partial charge in [0.2, 0.25) is 0 Å². The molecule has 0 fully saturated rings. The van der Waals surface area contributed by atoms with Gasteiger partial charge in [-0.3, -0.25) is 4.98 Å². The highest BCUT2D eigenvalue weighted by atomic mass is 19.1. The van der Waals surface area contributed by atoms with Crippen molar-refractivity contribution in [3.63, 3.8) is 0 Å². The van der Waals surface area contributed by atoms with Crippen LogP contribution in [-0.4, -0.2) is 18.1 Å². The molecule has 1 aromatic heterocycles. The van der Waals surface area contributed by atoms with Crippen LogP contribution in [0.15, 0.2) is 42.7 Å². The van der Waals surface area contributed by atoms with E-state index in [1.54, 1.807) is 6.20 Å². The minimum atomic E-state index is -0.343. The smallest absolute Gasteiger partial charge is 0.141 e. The number of hydrogen-bond acceptors (Lipinski definition) is 3. The molecule has 0 amide bonds. The van der Waals surface area contributed by atoms with Crippen LogP contribution in [0.2, 0.25) is 0 Å². The lowest BCUT2D eigenvalue weighted by Gasteiger charge is -2.21. The van der Waals surface area contributed by atoms with Gasteiger partial charge in [-0.1, -0.05) is 18.2 Å². The SMILES string of the molecule is CNC(c1cncc(F)c1)c1ccccc1OC(C)C. The minimum Gasteiger partial charge on any atom is -0.491 e. The van der Waals surface area contributed by atoms with Crippen LogP contribution in [0, 0.1) is 5.82 Å². The van der Waals surface area contributed by atoms with Gasteiger partial charge in [0.25, 0.3) is 0 Å². The fraction of sp³-hybridized carbons (Fsp3) is 0.312. The van der Waals surface area contributed by atoms with Crippen LogP contribution in [0.1, 0.15) is 31.0 Å². The van der Waals surface area contributed by atoms with Gasteiger partial charge in [0.15, 0.2) is 0 Å². The molecule has 1 atom stereocenters. The first-order chi connectivity index (χ1) is 9.61. The average molecular weight is 274 g/mol. The molecule has 3 nitrogen and oxygen atoms in total. The third kappa shape index (κ3) is 3.33. The minimum absolute atomic E-state index is 0.0827. The predicted molar refractivity (Wildman–Crippen MR) is 77.3 cm³/mol. The zero-order chi connectivity index (χ0) is 14.5. The summed E-state index contributed by atoms with van der Waals surface area (Å²) in [4.78, 5) is 3.91. The molecule has 2 rings (SSSR count). The monoisotopic (exact) mass is 274 g/mol. The van der Waals surface area contributed by atoms with E-state index in [9.17, 15) is 4.39 Å². The second-order valence-electron chi connectivity index (χ2n) is 4.86. The molecule has 0 spiro atoms. The lowest BCUT2D eigenvalue weighted by atomic mass is 9.99. The summed E-state index contributed by atoms with van der Waals surface area (Å²) in [6.45, 7) is 3.96. The van der Waals surface area contributed by atoms with Gasteiger partial charge in [-0.25, -0.2) is 4.39 Å². The first kappa shape index (κ1) is 14.5. The average Bonchev–Trinajstić information content (AvgIpc) is 2.41. The molecule has 0 bridgehead atoms. The summed E-state index contributed by atoms with van der Waals surface area (Å²) in [5.74, 6) is 0.455. The zero-order valence-electron chi connectivity index (χ0n) is 11.9. The Hall–Kier alpha value is -1.94. The highest BCUT2D eigenvalue weighted by Crippen LogP contribution is 2.30. The molecule has 1 N–H and O–H groups in total. The van der Waals surface area contributed by atoms with Crippen molar-refractivity contribution in [1.29, 1.82) is 0 Å². The third-order valence-corrected chi connectivity index (χ3v) is 2.94. The lowest BCUT2D eigenvalue weighted by Crippen LogP contribution is -2.20. The van der Waals surface area contributed by atoms with E-state index in [4.69, 9.17) is 4.74 Å². The molecule has 1 heterocycles. The molecule has 0 saturated carbocycles. The standard InChI is InChI=1S/C16H19FN2O/c1-11(2)20-15-7-5-4-6-14(15)16(18-3)12-8-13(17)10-19-9-12/h4-11,16,18H,1-3H3. The number of pyridine rings is 1. The topological polar surface area (TPSA) is 34.2 Å². The number of aromatic nitrogens is 1. The Kier molecular flexibility index (Phi) is 4.69. The van der Waals surface area contributed by atoms with Gasteiger partial charge in [-0.15, -0.1) is 0 Å². The van der Waals surface area contributed by atoms with Crippen LogP contribution >= 0.6 is 0 Å². The van der Waals surface area contributed by atoms with Crippen LogP contribution in [-0.2, 0) is 0 Å². The van der Waals surface area contributed by atoms with Gasteiger partial charge >= 0.3 is 0 Å². The number of hydrogen-bond donors (Lipinski definition) is 1. The van der Waals surface area contributed by atoms with Crippen molar-refractivity contribution in [1.82, 2.24) is 10.3 Å². The summed E-state index contributed by atoms with van der Waals surface area (Å²) < 4.78 is 19.2. The van der Waals surface area contributed by atoms with Gasteiger partial charge in [0, 0.05) is 11.8 Å². The molecule has 1 unspecified atom stereocenters. The molecule has 4 heteroatoms. The highest BCUT2D eigenvalue weighted by molar-refractivity contribution is 5.41. The Morgan fingerprint density at radius 1 is 1.20 bits per heavy atom. The predicted octanol–water partition coefficient (Wildman–Crippen LogP) is 3.32. The van der Waals surface area contributed by atoms with E-state index in [1.807, 2.05) is 45.2 Å². The van der Waals surface area contributed by atoms with Crippen molar-refractivity contribution >= 4 is 0 Å². The number of ether oxygens (including phenoxy) is 1. The van der Waals surface area contributed by atoms with E-state index < -0.39 is 0 Å². The molecular weight excluding hydrogens is 255 g/mol. The van der Waals surface area contributed by atoms with Crippen molar-refractivity contribution in [2.45, 2.75) is 26.0 Å². The van der Waals surface area contributed by atoms with Gasteiger partial charge < -0.3 is 10.1 Å². The van der Waals surface area contributed by atoms with Crippen molar-refractivity contribution < 1.29 is 9.13 Å². The van der Waals surface area contributed by atoms with E-state index in [0.717, 1.165) is 16.9 Å². The molecule has 0 radical (unpaired) electrons. The quantitative estimate of drug-likeness (QED) is 0.908. The molecule has 1 aromatic carbocycles. The summed E-state index contributed by atoms with van der Waals surface area (Å²) in [5.41, 5.74) is 1.74. The fourth-order valence-electron chi connectivity index (χ4n) is 2.17. The van der Waals surface area contributed by atoms with Gasteiger partial charge in [-0.2, -0.15) is 0 Å². The second kappa shape index (κ2) is 6.48. The second-order valence-corrected chi connectivity index (χ2v) is 4.86. The number of nitrogens with one attached hydrogen (secondary N) is 1. The van der Waals surface area contributed by atoms with Crippen molar-refractivity contribution in [2.75, 3.05) is 7.05 Å². The maximum Gasteiger partial charge on any atom is 0.141 e. The maximum atomic E-state index is 13.4. The van der Waals surface area contributed by atoms with E-state index in [0.29, 0.717) is 0 Å². The Balaban J connectivity index is 2.41. The van der Waals surface area contributed by atoms with E-state index in [2.05, 4.69) is 10.3 Å². The number of nitrogens with zero attached hydrogens (tertiary/aromatic N) is 1. The normalized spacial score (nSPS) is 12.4. The zero-order valence-corrected chi connectivity index (χ0v) is 11.9. The van der Waals surface area contributed by atoms with E-state index in [-0.39, 0.29) is 18.0 Å². The number of rotatable bonds is 5. The highest BCUT2D eigenvalue weighted by Gasteiger charge is 2.17. The number of halogens is 1. The molecule has 2 aromatic rings. The number of benzene rings is 1. The van der Waals surface area contributed by atoms with Crippen LogP contribution < -0.4 is 10.1 Å². The fourth-order valence-corrected chi connectivity index (χ4v) is 2.17. The van der Waals surface area contributed by atoms with Crippen molar-refractivity contribution in [3.05, 3.63) is 59.7 Å². The van der Waals surface area contributed by atoms with Crippen LogP contribution in [0.4, 0.5) is 4.39 Å². The number of para-hydroxylation sites is 1. The first-order valence-corrected chi connectivity index (χ1v) is 6.65. The molecule has 20 heavy (non-hydrogen) atoms. The van der Waals surface area contributed by atoms with Gasteiger partial charge in [0.05, 0.1) is 18.3 Å². The summed E-state index contributed by atoms with van der Waals surface area (Å²) in [6.07, 6.45) is 2.95. The van der Waals surface area contributed by atoms with Gasteiger partial charge in [-0.05, 0) is 38.6 Å². The summed E-state index contributed by atoms with van der Waals surface area (Å²) in [5, 5.41) is 3.19. The van der Waals surface area contributed by atoms with Crippen LogP contribution in [0.25, 0.3) is 0 Å². The summed E-state index contributed by atoms with van der Waals surface area (Å²) >= 11 is 0. The molecule has 0 aliphatic rings. The lowest BCUT2D eigenvalue weighted by molar-refractivity contribution is 0.238. The van der Waals surface area contributed by atoms with E-state index in [1.165, 1.54) is 12.3 Å². The first-order valence-electron chi connectivity index (χ1n) is 6.65. The molecule has 0 saturated heterocycles. The Morgan fingerprint density at radius 3 is 2.60 bits per heavy atom. The Morgan fingerprint density at radius 2 is 1.95 bits per heavy atom. The van der Waals surface area contributed by atoms with Crippen LogP contribution in [0.5, 0.6) is 5.75 Å². The van der Waals surface area contributed by atoms with Crippen molar-refractivity contribution in [2.24, 2.45) is 0 Å². The van der Waals surface area contributed by atoms with Crippen LogP contribution in [0.3, 0.4) is 0 Å². The van der Waals surface area contributed by atoms with Gasteiger partial charge in [0.1, 0.15) is 11.6 Å². The van der Waals surface area contributed by atoms with E-state index >= 15 is 0 Å². The summed E-state index contributed by atoms with van der Waals surface area (Å²) in [6, 6.07) is 9.10. The maximum absolute atomic E-state index is 13.4. The van der Waals surface area contributed by atoms with Crippen molar-refractivity contribution in [3.8, 4) is 5.75 Å². The molecule has 0 aliphatic carbocycles. The molecule has 106 valence electrons.